The number of hydrogen-bond donors (Lipinski definition) is 1. The molecule has 1 amide bonds. The lowest BCUT2D eigenvalue weighted by Gasteiger charge is -2.47. The summed E-state index contributed by atoms with van der Waals surface area (Å²) in [6, 6.07) is 0.290. The standard InChI is InChI=1S/C15H24N4O2/c1-14(2,3)21-13(20)19-6-5-15(10-19)9-16-12(15)11-7-17-18(4)8-11/h7-8,12,16H,5-6,9-10H2,1-4H3. The summed E-state index contributed by atoms with van der Waals surface area (Å²) >= 11 is 0. The van der Waals surface area contributed by atoms with Gasteiger partial charge in [0.1, 0.15) is 5.60 Å². The Balaban J connectivity index is 1.67. The molecule has 1 N–H and O–H groups in total. The van der Waals surface area contributed by atoms with E-state index in [-0.39, 0.29) is 11.5 Å². The molecule has 21 heavy (non-hydrogen) atoms. The first-order valence-corrected chi connectivity index (χ1v) is 7.49. The quantitative estimate of drug-likeness (QED) is 0.856. The SMILES string of the molecule is Cn1cc(C2NCC23CCN(C(=O)OC(C)(C)C)C3)cn1. The van der Waals surface area contributed by atoms with E-state index in [2.05, 4.69) is 16.6 Å². The lowest BCUT2D eigenvalue weighted by molar-refractivity contribution is 0.0216. The van der Waals surface area contributed by atoms with E-state index < -0.39 is 5.60 Å². The van der Waals surface area contributed by atoms with Crippen molar-refractivity contribution >= 4 is 6.09 Å². The second kappa shape index (κ2) is 4.73. The number of carbonyl (C=O) groups is 1. The number of aryl methyl sites for hydroxylation is 1. The maximum absolute atomic E-state index is 12.2. The van der Waals surface area contributed by atoms with Crippen LogP contribution in [-0.2, 0) is 11.8 Å². The summed E-state index contributed by atoms with van der Waals surface area (Å²) in [5.74, 6) is 0. The molecule has 1 aromatic heterocycles. The van der Waals surface area contributed by atoms with Crippen molar-refractivity contribution in [2.24, 2.45) is 12.5 Å². The minimum Gasteiger partial charge on any atom is -0.444 e. The zero-order chi connectivity index (χ0) is 15.3. The van der Waals surface area contributed by atoms with Gasteiger partial charge in [-0.05, 0) is 27.2 Å². The molecule has 2 fully saturated rings. The molecule has 3 rings (SSSR count). The second-order valence-corrected chi connectivity index (χ2v) is 7.28. The number of carbonyl (C=O) groups excluding carboxylic acids is 1. The predicted molar refractivity (Wildman–Crippen MR) is 78.8 cm³/mol. The van der Waals surface area contributed by atoms with Gasteiger partial charge in [-0.15, -0.1) is 0 Å². The molecule has 2 atom stereocenters. The Bertz CT molecular complexity index is 548. The van der Waals surface area contributed by atoms with Crippen LogP contribution < -0.4 is 5.32 Å². The van der Waals surface area contributed by atoms with Gasteiger partial charge < -0.3 is 15.0 Å². The Labute approximate surface area is 125 Å². The first kappa shape index (κ1) is 14.4. The Morgan fingerprint density at radius 2 is 2.29 bits per heavy atom. The van der Waals surface area contributed by atoms with Crippen molar-refractivity contribution in [2.45, 2.75) is 38.8 Å². The van der Waals surface area contributed by atoms with Crippen molar-refractivity contribution < 1.29 is 9.53 Å². The minimum absolute atomic E-state index is 0.139. The van der Waals surface area contributed by atoms with Gasteiger partial charge in [0.2, 0.25) is 0 Å². The van der Waals surface area contributed by atoms with Crippen LogP contribution in [0.15, 0.2) is 12.4 Å². The van der Waals surface area contributed by atoms with Gasteiger partial charge in [0.05, 0.1) is 6.20 Å². The first-order chi connectivity index (χ1) is 9.79. The topological polar surface area (TPSA) is 59.4 Å². The molecule has 1 spiro atoms. The number of nitrogens with one attached hydrogen (secondary N) is 1. The van der Waals surface area contributed by atoms with E-state index in [9.17, 15) is 4.79 Å². The summed E-state index contributed by atoms with van der Waals surface area (Å²) in [6.45, 7) is 8.19. The molecular weight excluding hydrogens is 268 g/mol. The van der Waals surface area contributed by atoms with E-state index in [0.29, 0.717) is 6.04 Å². The first-order valence-electron chi connectivity index (χ1n) is 7.49. The number of aromatic nitrogens is 2. The van der Waals surface area contributed by atoms with Gasteiger partial charge in [0.15, 0.2) is 0 Å². The minimum atomic E-state index is -0.437. The number of rotatable bonds is 1. The van der Waals surface area contributed by atoms with Crippen LogP contribution in [0.4, 0.5) is 4.79 Å². The smallest absolute Gasteiger partial charge is 0.410 e. The number of nitrogens with zero attached hydrogens (tertiary/aromatic N) is 3. The third-order valence-corrected chi connectivity index (χ3v) is 4.37. The van der Waals surface area contributed by atoms with Gasteiger partial charge in [-0.3, -0.25) is 4.68 Å². The highest BCUT2D eigenvalue weighted by atomic mass is 16.6. The summed E-state index contributed by atoms with van der Waals surface area (Å²) in [6.07, 6.45) is 4.78. The Morgan fingerprint density at radius 1 is 1.52 bits per heavy atom. The summed E-state index contributed by atoms with van der Waals surface area (Å²) in [7, 11) is 1.93. The molecule has 0 bridgehead atoms. The normalized spacial score (nSPS) is 28.8. The maximum Gasteiger partial charge on any atom is 0.410 e. The van der Waals surface area contributed by atoms with Gasteiger partial charge >= 0.3 is 6.09 Å². The maximum atomic E-state index is 12.2. The van der Waals surface area contributed by atoms with E-state index in [1.807, 2.05) is 43.6 Å². The van der Waals surface area contributed by atoms with Crippen molar-refractivity contribution in [3.63, 3.8) is 0 Å². The van der Waals surface area contributed by atoms with Crippen LogP contribution in [0.3, 0.4) is 0 Å². The molecule has 2 unspecified atom stereocenters. The molecule has 116 valence electrons. The number of hydrogen-bond acceptors (Lipinski definition) is 4. The molecule has 2 aliphatic rings. The van der Waals surface area contributed by atoms with E-state index >= 15 is 0 Å². The molecule has 3 heterocycles. The molecule has 6 heteroatoms. The lowest BCUT2D eigenvalue weighted by Crippen LogP contribution is -2.57. The largest absolute Gasteiger partial charge is 0.444 e. The Hall–Kier alpha value is -1.56. The molecule has 2 aliphatic heterocycles. The van der Waals surface area contributed by atoms with Gasteiger partial charge in [-0.2, -0.15) is 5.10 Å². The molecule has 0 radical (unpaired) electrons. The van der Waals surface area contributed by atoms with E-state index in [0.717, 1.165) is 26.1 Å². The average Bonchev–Trinajstić information content (AvgIpc) is 2.94. The predicted octanol–water partition coefficient (Wildman–Crippen LogP) is 1.69. The average molecular weight is 292 g/mol. The van der Waals surface area contributed by atoms with Gasteiger partial charge in [0.25, 0.3) is 0 Å². The van der Waals surface area contributed by atoms with Crippen molar-refractivity contribution in [2.75, 3.05) is 19.6 Å². The zero-order valence-electron chi connectivity index (χ0n) is 13.2. The van der Waals surface area contributed by atoms with Gasteiger partial charge in [-0.1, -0.05) is 0 Å². The molecule has 6 nitrogen and oxygen atoms in total. The van der Waals surface area contributed by atoms with Crippen molar-refractivity contribution in [1.82, 2.24) is 20.0 Å². The van der Waals surface area contributed by atoms with Crippen LogP contribution in [0.25, 0.3) is 0 Å². The van der Waals surface area contributed by atoms with Crippen molar-refractivity contribution in [3.05, 3.63) is 18.0 Å². The summed E-state index contributed by atoms with van der Waals surface area (Å²) in [5.41, 5.74) is 0.905. The van der Waals surface area contributed by atoms with Crippen LogP contribution in [-0.4, -0.2) is 46.0 Å². The highest BCUT2D eigenvalue weighted by Gasteiger charge is 2.53. The monoisotopic (exact) mass is 292 g/mol. The van der Waals surface area contributed by atoms with Crippen LogP contribution in [0, 0.1) is 5.41 Å². The molecular formula is C15H24N4O2. The summed E-state index contributed by atoms with van der Waals surface area (Å²) in [4.78, 5) is 14.0. The number of ether oxygens (including phenoxy) is 1. The van der Waals surface area contributed by atoms with E-state index in [4.69, 9.17) is 4.74 Å². The van der Waals surface area contributed by atoms with Crippen LogP contribution in [0.1, 0.15) is 38.8 Å². The summed E-state index contributed by atoms with van der Waals surface area (Å²) < 4.78 is 7.30. The van der Waals surface area contributed by atoms with Crippen LogP contribution >= 0.6 is 0 Å². The van der Waals surface area contributed by atoms with E-state index in [1.165, 1.54) is 5.56 Å². The highest BCUT2D eigenvalue weighted by molar-refractivity contribution is 5.68. The molecule has 0 aromatic carbocycles. The zero-order valence-corrected chi connectivity index (χ0v) is 13.2. The second-order valence-electron chi connectivity index (χ2n) is 7.28. The third-order valence-electron chi connectivity index (χ3n) is 4.37. The van der Waals surface area contributed by atoms with Gasteiger partial charge in [-0.25, -0.2) is 4.79 Å². The molecule has 2 saturated heterocycles. The fourth-order valence-electron chi connectivity index (χ4n) is 3.31. The molecule has 1 aromatic rings. The number of likely N-dealkylation sites (tertiary alicyclic amines) is 1. The number of amides is 1. The third kappa shape index (κ3) is 2.64. The van der Waals surface area contributed by atoms with E-state index in [1.54, 1.807) is 0 Å². The van der Waals surface area contributed by atoms with Crippen molar-refractivity contribution in [3.8, 4) is 0 Å². The fourth-order valence-corrected chi connectivity index (χ4v) is 3.31. The van der Waals surface area contributed by atoms with Crippen molar-refractivity contribution in [1.29, 1.82) is 0 Å². The molecule has 0 saturated carbocycles. The van der Waals surface area contributed by atoms with Crippen LogP contribution in [0.2, 0.25) is 0 Å². The van der Waals surface area contributed by atoms with Crippen LogP contribution in [0.5, 0.6) is 0 Å². The molecule has 0 aliphatic carbocycles. The lowest BCUT2D eigenvalue weighted by atomic mass is 9.70. The fraction of sp³-hybridized carbons (Fsp3) is 0.733. The Morgan fingerprint density at radius 3 is 2.81 bits per heavy atom. The highest BCUT2D eigenvalue weighted by Crippen LogP contribution is 2.47. The Kier molecular flexibility index (Phi) is 3.24. The summed E-state index contributed by atoms with van der Waals surface area (Å²) in [5, 5.41) is 7.73. The van der Waals surface area contributed by atoms with Gasteiger partial charge in [0, 0.05) is 49.9 Å².